The lowest BCUT2D eigenvalue weighted by molar-refractivity contribution is 0.0699. The normalized spacial score (nSPS) is 11.0. The first-order valence-electron chi connectivity index (χ1n) is 7.09. The van der Waals surface area contributed by atoms with Gasteiger partial charge in [-0.3, -0.25) is 0 Å². The fraction of sp³-hybridized carbons (Fsp3) is 0.235. The molecule has 0 atom stereocenters. The second kappa shape index (κ2) is 5.26. The summed E-state index contributed by atoms with van der Waals surface area (Å²) in [6.07, 6.45) is 0. The maximum atomic E-state index is 11.3. The van der Waals surface area contributed by atoms with E-state index >= 15 is 0 Å². The highest BCUT2D eigenvalue weighted by Gasteiger charge is 2.15. The molecule has 2 aromatic carbocycles. The molecule has 0 aliphatic heterocycles. The summed E-state index contributed by atoms with van der Waals surface area (Å²) in [5.74, 6) is -0.184. The molecule has 0 unspecified atom stereocenters. The molecule has 0 radical (unpaired) electrons. The molecule has 3 rings (SSSR count). The average molecular weight is 296 g/mol. The van der Waals surface area contributed by atoms with Gasteiger partial charge in [0.15, 0.2) is 0 Å². The summed E-state index contributed by atoms with van der Waals surface area (Å²) in [6, 6.07) is 6.88. The first-order valence-corrected chi connectivity index (χ1v) is 7.09. The highest BCUT2D eigenvalue weighted by Crippen LogP contribution is 2.31. The number of nitrogens with zero attached hydrogens (tertiary/aromatic N) is 2. The lowest BCUT2D eigenvalue weighted by Crippen LogP contribution is -2.02. The summed E-state index contributed by atoms with van der Waals surface area (Å²) in [5.41, 5.74) is 4.45. The average Bonchev–Trinajstić information content (AvgIpc) is 2.49. The number of hydrogen-bond acceptors (Lipinski definition) is 4. The molecule has 0 saturated heterocycles. The predicted molar refractivity (Wildman–Crippen MR) is 84.6 cm³/mol. The van der Waals surface area contributed by atoms with Crippen molar-refractivity contribution < 1.29 is 14.6 Å². The van der Waals surface area contributed by atoms with Gasteiger partial charge in [0.25, 0.3) is 0 Å². The number of carboxylic acids is 1. The Labute approximate surface area is 127 Å². The van der Waals surface area contributed by atoms with E-state index in [1.165, 1.54) is 0 Å². The Kier molecular flexibility index (Phi) is 3.41. The SMILES string of the molecule is CCOc1c(C)cc2nc3c(C(=O)O)cccc3nc2c1C. The van der Waals surface area contributed by atoms with Gasteiger partial charge in [0.1, 0.15) is 11.3 Å². The maximum Gasteiger partial charge on any atom is 0.337 e. The van der Waals surface area contributed by atoms with E-state index in [1.54, 1.807) is 18.2 Å². The topological polar surface area (TPSA) is 72.3 Å². The second-order valence-electron chi connectivity index (χ2n) is 5.15. The second-order valence-corrected chi connectivity index (χ2v) is 5.15. The van der Waals surface area contributed by atoms with Crippen LogP contribution in [0.3, 0.4) is 0 Å². The quantitative estimate of drug-likeness (QED) is 0.749. The molecule has 0 spiro atoms. The number of para-hydroxylation sites is 1. The third-order valence-corrected chi connectivity index (χ3v) is 3.65. The van der Waals surface area contributed by atoms with Gasteiger partial charge >= 0.3 is 5.97 Å². The minimum absolute atomic E-state index is 0.163. The smallest absolute Gasteiger partial charge is 0.337 e. The minimum atomic E-state index is -1.00. The van der Waals surface area contributed by atoms with Gasteiger partial charge in [0.2, 0.25) is 0 Å². The zero-order chi connectivity index (χ0) is 15.9. The number of aryl methyl sites for hydroxylation is 2. The number of carboxylic acid groups (broad SMARTS) is 1. The number of rotatable bonds is 3. The van der Waals surface area contributed by atoms with Crippen LogP contribution in [0.4, 0.5) is 0 Å². The monoisotopic (exact) mass is 296 g/mol. The number of hydrogen-bond donors (Lipinski definition) is 1. The third kappa shape index (κ3) is 2.15. The molecule has 5 heteroatoms. The minimum Gasteiger partial charge on any atom is -0.493 e. The lowest BCUT2D eigenvalue weighted by atomic mass is 10.1. The number of aromatic nitrogens is 2. The fourth-order valence-corrected chi connectivity index (χ4v) is 2.68. The Morgan fingerprint density at radius 2 is 1.91 bits per heavy atom. The Bertz CT molecular complexity index is 903. The molecule has 0 aliphatic carbocycles. The zero-order valence-electron chi connectivity index (χ0n) is 12.7. The lowest BCUT2D eigenvalue weighted by Gasteiger charge is -2.13. The van der Waals surface area contributed by atoms with Crippen LogP contribution in [0.2, 0.25) is 0 Å². The molecular formula is C17H16N2O3. The van der Waals surface area contributed by atoms with E-state index in [2.05, 4.69) is 9.97 Å². The zero-order valence-corrected chi connectivity index (χ0v) is 12.7. The summed E-state index contributed by atoms with van der Waals surface area (Å²) in [5, 5.41) is 9.29. The molecular weight excluding hydrogens is 280 g/mol. The van der Waals surface area contributed by atoms with Crippen LogP contribution in [-0.4, -0.2) is 27.7 Å². The van der Waals surface area contributed by atoms with Crippen LogP contribution in [0, 0.1) is 13.8 Å². The summed E-state index contributed by atoms with van der Waals surface area (Å²) in [7, 11) is 0. The van der Waals surface area contributed by atoms with Crippen LogP contribution >= 0.6 is 0 Å². The first-order chi connectivity index (χ1) is 10.5. The van der Waals surface area contributed by atoms with Crippen LogP contribution in [0.5, 0.6) is 5.75 Å². The molecule has 1 heterocycles. The molecule has 0 amide bonds. The van der Waals surface area contributed by atoms with Crippen molar-refractivity contribution in [2.24, 2.45) is 0 Å². The van der Waals surface area contributed by atoms with Crippen molar-refractivity contribution >= 4 is 28.0 Å². The summed E-state index contributed by atoms with van der Waals surface area (Å²) in [6.45, 7) is 6.42. The molecule has 1 aromatic heterocycles. The number of benzene rings is 2. The van der Waals surface area contributed by atoms with Gasteiger partial charge < -0.3 is 9.84 Å². The Morgan fingerprint density at radius 3 is 2.59 bits per heavy atom. The van der Waals surface area contributed by atoms with E-state index in [0.29, 0.717) is 23.2 Å². The van der Waals surface area contributed by atoms with Crippen molar-refractivity contribution in [2.75, 3.05) is 6.61 Å². The van der Waals surface area contributed by atoms with Crippen molar-refractivity contribution in [1.29, 1.82) is 0 Å². The highest BCUT2D eigenvalue weighted by molar-refractivity contribution is 6.03. The van der Waals surface area contributed by atoms with Crippen molar-refractivity contribution in [3.8, 4) is 5.75 Å². The van der Waals surface area contributed by atoms with Gasteiger partial charge in [-0.05, 0) is 44.5 Å². The van der Waals surface area contributed by atoms with Crippen LogP contribution in [0.25, 0.3) is 22.1 Å². The molecule has 0 aliphatic rings. The summed E-state index contributed by atoms with van der Waals surface area (Å²) < 4.78 is 5.69. The molecule has 3 aromatic rings. The Morgan fingerprint density at radius 1 is 1.18 bits per heavy atom. The van der Waals surface area contributed by atoms with Crippen LogP contribution in [0.1, 0.15) is 28.4 Å². The molecule has 1 N–H and O–H groups in total. The summed E-state index contributed by atoms with van der Waals surface area (Å²) >= 11 is 0. The van der Waals surface area contributed by atoms with E-state index in [0.717, 1.165) is 22.4 Å². The number of fused-ring (bicyclic) bond motifs is 2. The van der Waals surface area contributed by atoms with Gasteiger partial charge in [-0.15, -0.1) is 0 Å². The Hall–Kier alpha value is -2.69. The largest absolute Gasteiger partial charge is 0.493 e. The number of carbonyl (C=O) groups is 1. The standard InChI is InChI=1S/C17H16N2O3/c1-4-22-16-9(2)8-13-14(10(16)3)18-12-7-5-6-11(17(20)21)15(12)19-13/h5-8H,4H2,1-3H3,(H,20,21). The molecule has 0 bridgehead atoms. The van der Waals surface area contributed by atoms with Crippen LogP contribution in [-0.2, 0) is 0 Å². The van der Waals surface area contributed by atoms with Crippen LogP contribution < -0.4 is 4.74 Å². The van der Waals surface area contributed by atoms with Gasteiger partial charge in [-0.1, -0.05) is 6.07 Å². The third-order valence-electron chi connectivity index (χ3n) is 3.65. The van der Waals surface area contributed by atoms with Crippen molar-refractivity contribution in [3.63, 3.8) is 0 Å². The van der Waals surface area contributed by atoms with Crippen molar-refractivity contribution in [2.45, 2.75) is 20.8 Å². The molecule has 22 heavy (non-hydrogen) atoms. The van der Waals surface area contributed by atoms with Gasteiger partial charge in [0.05, 0.1) is 28.7 Å². The fourth-order valence-electron chi connectivity index (χ4n) is 2.68. The number of ether oxygens (including phenoxy) is 1. The van der Waals surface area contributed by atoms with E-state index in [-0.39, 0.29) is 5.56 Å². The molecule has 0 saturated carbocycles. The van der Waals surface area contributed by atoms with E-state index in [4.69, 9.17) is 4.74 Å². The van der Waals surface area contributed by atoms with Gasteiger partial charge in [-0.25, -0.2) is 14.8 Å². The highest BCUT2D eigenvalue weighted by atomic mass is 16.5. The molecule has 0 fully saturated rings. The van der Waals surface area contributed by atoms with E-state index in [1.807, 2.05) is 26.8 Å². The molecule has 112 valence electrons. The van der Waals surface area contributed by atoms with Crippen LogP contribution in [0.15, 0.2) is 24.3 Å². The maximum absolute atomic E-state index is 11.3. The number of aromatic carboxylic acids is 1. The van der Waals surface area contributed by atoms with Gasteiger partial charge in [0, 0.05) is 5.56 Å². The first kappa shape index (κ1) is 14.3. The van der Waals surface area contributed by atoms with E-state index in [9.17, 15) is 9.90 Å². The van der Waals surface area contributed by atoms with Gasteiger partial charge in [-0.2, -0.15) is 0 Å². The summed E-state index contributed by atoms with van der Waals surface area (Å²) in [4.78, 5) is 20.5. The van der Waals surface area contributed by atoms with Crippen molar-refractivity contribution in [3.05, 3.63) is 41.0 Å². The van der Waals surface area contributed by atoms with Crippen molar-refractivity contribution in [1.82, 2.24) is 9.97 Å². The Balaban J connectivity index is 2.39. The van der Waals surface area contributed by atoms with E-state index < -0.39 is 5.97 Å². The molecule has 5 nitrogen and oxygen atoms in total. The predicted octanol–water partition coefficient (Wildman–Crippen LogP) is 3.50.